The van der Waals surface area contributed by atoms with Crippen molar-refractivity contribution >= 4 is 33.4 Å². The molecule has 9 nitrogen and oxygen atoms in total. The first-order valence-corrected chi connectivity index (χ1v) is 10.4. The molecule has 1 fully saturated rings. The highest BCUT2D eigenvalue weighted by molar-refractivity contribution is 7.93. The van der Waals surface area contributed by atoms with Gasteiger partial charge in [-0.15, -0.1) is 0 Å². The van der Waals surface area contributed by atoms with E-state index in [0.717, 1.165) is 12.8 Å². The first-order valence-electron chi connectivity index (χ1n) is 8.81. The van der Waals surface area contributed by atoms with Crippen LogP contribution in [0.3, 0.4) is 0 Å². The monoisotopic (exact) mass is 390 g/mol. The van der Waals surface area contributed by atoms with Crippen LogP contribution in [0.4, 0.5) is 17.5 Å². The van der Waals surface area contributed by atoms with Gasteiger partial charge in [-0.25, -0.2) is 18.5 Å². The summed E-state index contributed by atoms with van der Waals surface area (Å²) >= 11 is 0. The van der Waals surface area contributed by atoms with Gasteiger partial charge in [0.1, 0.15) is 11.7 Å². The Kier molecular flexibility index (Phi) is 4.19. The Morgan fingerprint density at radius 3 is 2.63 bits per heavy atom. The summed E-state index contributed by atoms with van der Waals surface area (Å²) in [5, 5.41) is 8.33. The molecule has 3 N–H and O–H groups in total. The zero-order valence-electron chi connectivity index (χ0n) is 15.2. The molecule has 1 amide bonds. The second-order valence-corrected chi connectivity index (χ2v) is 8.75. The first-order chi connectivity index (χ1) is 12.8. The van der Waals surface area contributed by atoms with Gasteiger partial charge in [-0.05, 0) is 31.3 Å². The van der Waals surface area contributed by atoms with Crippen molar-refractivity contribution in [1.29, 1.82) is 0 Å². The fraction of sp³-hybridized carbons (Fsp3) is 0.471. The van der Waals surface area contributed by atoms with Crippen LogP contribution < -0.4 is 20.3 Å². The fourth-order valence-electron chi connectivity index (χ4n) is 3.56. The predicted octanol–water partition coefficient (Wildman–Crippen LogP) is 0.581. The van der Waals surface area contributed by atoms with Crippen LogP contribution in [0.1, 0.15) is 19.3 Å². The summed E-state index contributed by atoms with van der Waals surface area (Å²) in [6.45, 7) is 0. The highest BCUT2D eigenvalue weighted by atomic mass is 32.2. The molecule has 4 rings (SSSR count). The van der Waals surface area contributed by atoms with Gasteiger partial charge in [0, 0.05) is 14.1 Å². The molecular formula is C17H22N6O3S. The highest BCUT2D eigenvalue weighted by Gasteiger charge is 2.45. The number of likely N-dealkylation sites (N-methyl/N-ethyl adjacent to an activating group) is 2. The molecular weight excluding hydrogens is 368 g/mol. The van der Waals surface area contributed by atoms with Crippen LogP contribution in [0.25, 0.3) is 0 Å². The lowest BCUT2D eigenvalue weighted by Gasteiger charge is -2.38. The van der Waals surface area contributed by atoms with E-state index in [4.69, 9.17) is 5.14 Å². The van der Waals surface area contributed by atoms with E-state index < -0.39 is 10.0 Å². The molecule has 0 spiro atoms. The van der Waals surface area contributed by atoms with Gasteiger partial charge >= 0.3 is 0 Å². The van der Waals surface area contributed by atoms with Gasteiger partial charge in [0.25, 0.3) is 0 Å². The van der Waals surface area contributed by atoms with E-state index in [2.05, 4.69) is 15.3 Å². The number of nitrogens with two attached hydrogens (primary N) is 1. The van der Waals surface area contributed by atoms with Gasteiger partial charge < -0.3 is 15.1 Å². The van der Waals surface area contributed by atoms with Crippen molar-refractivity contribution in [3.8, 4) is 0 Å². The third-order valence-electron chi connectivity index (χ3n) is 5.22. The van der Waals surface area contributed by atoms with Gasteiger partial charge in [0.15, 0.2) is 5.82 Å². The van der Waals surface area contributed by atoms with Gasteiger partial charge in [0.2, 0.25) is 21.9 Å². The number of sulfonamides is 1. The van der Waals surface area contributed by atoms with E-state index in [-0.39, 0.29) is 22.9 Å². The van der Waals surface area contributed by atoms with Crippen molar-refractivity contribution in [2.75, 3.05) is 29.2 Å². The summed E-state index contributed by atoms with van der Waals surface area (Å²) in [6, 6.07) is -0.318. The van der Waals surface area contributed by atoms with Crippen molar-refractivity contribution in [2.45, 2.75) is 31.3 Å². The quantitative estimate of drug-likeness (QED) is 0.771. The van der Waals surface area contributed by atoms with Gasteiger partial charge in [0.05, 0.1) is 17.1 Å². The Balaban J connectivity index is 1.55. The Hall–Kier alpha value is -2.46. The molecule has 0 radical (unpaired) electrons. The fourth-order valence-corrected chi connectivity index (χ4v) is 4.16. The van der Waals surface area contributed by atoms with Crippen molar-refractivity contribution in [1.82, 2.24) is 9.97 Å². The van der Waals surface area contributed by atoms with E-state index >= 15 is 0 Å². The number of carbonyl (C=O) groups excluding carboxylic acids is 1. The molecule has 0 bridgehead atoms. The number of anilines is 3. The molecule has 1 aromatic rings. The maximum atomic E-state index is 12.6. The Morgan fingerprint density at radius 2 is 2.04 bits per heavy atom. The summed E-state index contributed by atoms with van der Waals surface area (Å²) in [5.74, 6) is 1.60. The summed E-state index contributed by atoms with van der Waals surface area (Å²) in [6.07, 6.45) is 9.01. The zero-order chi connectivity index (χ0) is 19.3. The maximum absolute atomic E-state index is 12.6. The lowest BCUT2D eigenvalue weighted by atomic mass is 10.1. The molecule has 0 aromatic carbocycles. The number of nitrogens with one attached hydrogen (secondary N) is 1. The number of hydrogen-bond acceptors (Lipinski definition) is 7. The van der Waals surface area contributed by atoms with Crippen molar-refractivity contribution in [3.05, 3.63) is 29.3 Å². The second kappa shape index (κ2) is 6.31. The number of rotatable bonds is 4. The number of allylic oxidation sites excluding steroid dienone is 1. The largest absolute Gasteiger partial charge is 0.348 e. The van der Waals surface area contributed by atoms with E-state index in [0.29, 0.717) is 29.8 Å². The molecule has 1 saturated carbocycles. The Morgan fingerprint density at radius 1 is 1.30 bits per heavy atom. The summed E-state index contributed by atoms with van der Waals surface area (Å²) in [5.41, 5.74) is 0.681. The first kappa shape index (κ1) is 17.9. The molecule has 27 heavy (non-hydrogen) atoms. The number of fused-ring (bicyclic) bond motifs is 1. The molecule has 1 aliphatic heterocycles. The lowest BCUT2D eigenvalue weighted by Crippen LogP contribution is -2.52. The number of hydrogen-bond donors (Lipinski definition) is 2. The minimum Gasteiger partial charge on any atom is -0.348 e. The number of carbonyl (C=O) groups is 1. The number of amides is 1. The van der Waals surface area contributed by atoms with Crippen molar-refractivity contribution < 1.29 is 13.2 Å². The average Bonchev–Trinajstić information content (AvgIpc) is 3.45. The molecule has 1 aromatic heterocycles. The Labute approximate surface area is 158 Å². The van der Waals surface area contributed by atoms with Crippen LogP contribution in [0, 0.1) is 5.92 Å². The molecule has 10 heteroatoms. The average molecular weight is 390 g/mol. The molecule has 2 atom stereocenters. The maximum Gasteiger partial charge on any atom is 0.249 e. The third kappa shape index (κ3) is 3.30. The van der Waals surface area contributed by atoms with Crippen LogP contribution in [-0.4, -0.2) is 50.5 Å². The topological polar surface area (TPSA) is 122 Å². The van der Waals surface area contributed by atoms with E-state index in [9.17, 15) is 13.2 Å². The summed E-state index contributed by atoms with van der Waals surface area (Å²) in [4.78, 5) is 25.2. The second-order valence-electron chi connectivity index (χ2n) is 7.19. The van der Waals surface area contributed by atoms with Crippen LogP contribution in [0.15, 0.2) is 29.3 Å². The molecule has 2 heterocycles. The normalized spacial score (nSPS) is 25.3. The highest BCUT2D eigenvalue weighted by Crippen LogP contribution is 2.42. The van der Waals surface area contributed by atoms with Crippen LogP contribution in [-0.2, 0) is 14.8 Å². The van der Waals surface area contributed by atoms with E-state index in [1.54, 1.807) is 30.3 Å². The molecule has 2 aliphatic carbocycles. The smallest absolute Gasteiger partial charge is 0.249 e. The van der Waals surface area contributed by atoms with Crippen molar-refractivity contribution in [2.24, 2.45) is 11.1 Å². The van der Waals surface area contributed by atoms with E-state index in [1.165, 1.54) is 6.08 Å². The third-order valence-corrected chi connectivity index (χ3v) is 6.18. The minimum absolute atomic E-state index is 0.0766. The minimum atomic E-state index is -3.69. The molecule has 3 aliphatic rings. The standard InChI is InChI=1S/C17H22N6O3S/c1-22-13-9-19-17(20-11-5-7-12(8-6-11)27(18,25)26)21-15(13)23(2)14(16(22)24)10-3-4-10/h5,7-11,14H,3-4,6H2,1-2H3,(H2,18,25,26)(H,19,20,21). The van der Waals surface area contributed by atoms with Gasteiger partial charge in [-0.1, -0.05) is 12.2 Å². The van der Waals surface area contributed by atoms with Crippen LogP contribution >= 0.6 is 0 Å². The van der Waals surface area contributed by atoms with Crippen molar-refractivity contribution in [3.63, 3.8) is 0 Å². The van der Waals surface area contributed by atoms with Gasteiger partial charge in [-0.2, -0.15) is 4.98 Å². The van der Waals surface area contributed by atoms with E-state index in [1.807, 2.05) is 11.9 Å². The molecule has 144 valence electrons. The Bertz CT molecular complexity index is 953. The zero-order valence-corrected chi connectivity index (χ0v) is 16.0. The predicted molar refractivity (Wildman–Crippen MR) is 103 cm³/mol. The molecule has 0 saturated heterocycles. The summed E-state index contributed by atoms with van der Waals surface area (Å²) in [7, 11) is -0.0427. The van der Waals surface area contributed by atoms with Crippen LogP contribution in [0.5, 0.6) is 0 Å². The van der Waals surface area contributed by atoms with Crippen LogP contribution in [0.2, 0.25) is 0 Å². The number of aromatic nitrogens is 2. The number of nitrogens with zero attached hydrogens (tertiary/aromatic N) is 4. The van der Waals surface area contributed by atoms with Gasteiger partial charge in [-0.3, -0.25) is 4.79 Å². The number of primary sulfonamides is 1. The SMILES string of the molecule is CN1C(=O)C(C2CC2)N(C)c2nc(NC3C=CC(S(N)(=O)=O)=CC3)ncc21. The lowest BCUT2D eigenvalue weighted by molar-refractivity contribution is -0.120. The summed E-state index contributed by atoms with van der Waals surface area (Å²) < 4.78 is 22.7. The molecule has 2 unspecified atom stereocenters.